The van der Waals surface area contributed by atoms with Crippen molar-refractivity contribution in [1.82, 2.24) is 28.9 Å². The highest BCUT2D eigenvalue weighted by molar-refractivity contribution is 5.80. The van der Waals surface area contributed by atoms with E-state index in [2.05, 4.69) is 9.97 Å². The molecule has 2 unspecified atom stereocenters. The monoisotopic (exact) mass is 640 g/mol. The van der Waals surface area contributed by atoms with Crippen molar-refractivity contribution in [3.05, 3.63) is 107 Å². The van der Waals surface area contributed by atoms with Gasteiger partial charge in [-0.1, -0.05) is 0 Å². The van der Waals surface area contributed by atoms with Gasteiger partial charge in [-0.25, -0.2) is 36.3 Å². The first kappa shape index (κ1) is 31.8. The van der Waals surface area contributed by atoms with Crippen molar-refractivity contribution in [2.45, 2.75) is 38.0 Å². The predicted octanol–water partition coefficient (Wildman–Crippen LogP) is 4.29. The number of nitrogens with zero attached hydrogens (tertiary/aromatic N) is 8. The van der Waals surface area contributed by atoms with Gasteiger partial charge in [-0.15, -0.1) is 0 Å². The molecule has 2 saturated heterocycles. The lowest BCUT2D eigenvalue weighted by atomic mass is 9.98. The van der Waals surface area contributed by atoms with E-state index in [0.29, 0.717) is 5.69 Å². The zero-order chi connectivity index (χ0) is 33.1. The Kier molecular flexibility index (Phi) is 9.08. The number of hydrogen-bond donors (Lipinski definition) is 0. The van der Waals surface area contributed by atoms with Crippen molar-refractivity contribution >= 4 is 11.8 Å². The Bertz CT molecular complexity index is 1850. The van der Waals surface area contributed by atoms with E-state index >= 15 is 0 Å². The third-order valence-corrected chi connectivity index (χ3v) is 7.62. The SMILES string of the molecule is N#Cc1cn(CN2CC(c3cc(F)c(F)c(F)c3)CC2=O)cn1.N#Cc1cncn1CN1CC(c2cc(F)c(F)c(F)c2)CC1=O. The van der Waals surface area contributed by atoms with E-state index < -0.39 is 46.7 Å². The molecule has 0 N–H and O–H groups in total. The molecule has 2 atom stereocenters. The fourth-order valence-corrected chi connectivity index (χ4v) is 5.29. The lowest BCUT2D eigenvalue weighted by Crippen LogP contribution is -2.28. The highest BCUT2D eigenvalue weighted by atomic mass is 19.2. The quantitative estimate of drug-likeness (QED) is 0.229. The van der Waals surface area contributed by atoms with Gasteiger partial charge in [-0.2, -0.15) is 10.5 Å². The van der Waals surface area contributed by atoms with Crippen molar-refractivity contribution < 1.29 is 35.9 Å². The van der Waals surface area contributed by atoms with Crippen LogP contribution in [0.1, 0.15) is 47.2 Å². The summed E-state index contributed by atoms with van der Waals surface area (Å²) in [6, 6.07) is 7.50. The van der Waals surface area contributed by atoms with Crippen LogP contribution in [0.25, 0.3) is 0 Å². The molecule has 2 aromatic heterocycles. The molecule has 236 valence electrons. The van der Waals surface area contributed by atoms with E-state index in [1.807, 2.05) is 12.1 Å². The van der Waals surface area contributed by atoms with Crippen LogP contribution in [0, 0.1) is 57.6 Å². The van der Waals surface area contributed by atoms with Crippen LogP contribution in [0.3, 0.4) is 0 Å². The van der Waals surface area contributed by atoms with Crippen LogP contribution in [0.5, 0.6) is 0 Å². The van der Waals surface area contributed by atoms with Gasteiger partial charge in [0.1, 0.15) is 17.8 Å². The maximum atomic E-state index is 13.3. The standard InChI is InChI=1S/2C15H11F3N4O/c16-12-1-9(2-13(17)15(12)18)10-3-14(23)21(6-10)8-22-7-20-5-11(22)4-19;16-12-1-9(2-13(17)15(12)18)10-3-14(23)22(5-10)8-21-6-11(4-19)20-7-21/h1-2,5,7,10H,3,6,8H2;1-2,6-7,10H,3,5,8H2. The lowest BCUT2D eigenvalue weighted by molar-refractivity contribution is -0.129. The van der Waals surface area contributed by atoms with Crippen molar-refractivity contribution in [1.29, 1.82) is 10.5 Å². The second-order valence-corrected chi connectivity index (χ2v) is 10.7. The zero-order valence-electron chi connectivity index (χ0n) is 23.7. The number of rotatable bonds is 6. The first-order valence-corrected chi connectivity index (χ1v) is 13.6. The number of hydrogen-bond acceptors (Lipinski definition) is 6. The van der Waals surface area contributed by atoms with Crippen LogP contribution < -0.4 is 0 Å². The van der Waals surface area contributed by atoms with Gasteiger partial charge < -0.3 is 18.9 Å². The fourth-order valence-electron chi connectivity index (χ4n) is 5.29. The minimum Gasteiger partial charge on any atom is -0.324 e. The predicted molar refractivity (Wildman–Crippen MR) is 145 cm³/mol. The van der Waals surface area contributed by atoms with E-state index in [1.165, 1.54) is 39.4 Å². The van der Waals surface area contributed by atoms with E-state index in [9.17, 15) is 35.9 Å². The molecule has 4 aromatic rings. The van der Waals surface area contributed by atoms with Gasteiger partial charge in [-0.05, 0) is 35.4 Å². The summed E-state index contributed by atoms with van der Waals surface area (Å²) in [5, 5.41) is 17.7. The number of amides is 2. The van der Waals surface area contributed by atoms with Gasteiger partial charge >= 0.3 is 0 Å². The van der Waals surface area contributed by atoms with Crippen molar-refractivity contribution in [3.8, 4) is 12.1 Å². The molecule has 2 amide bonds. The molecule has 0 aliphatic carbocycles. The van der Waals surface area contributed by atoms with Crippen molar-refractivity contribution in [3.63, 3.8) is 0 Å². The molecular formula is C30H22F6N8O2. The molecule has 6 rings (SSSR count). The number of likely N-dealkylation sites (tertiary alicyclic amines) is 2. The average molecular weight is 641 g/mol. The molecule has 2 aromatic carbocycles. The Morgan fingerprint density at radius 3 is 1.70 bits per heavy atom. The Morgan fingerprint density at radius 2 is 1.24 bits per heavy atom. The van der Waals surface area contributed by atoms with E-state index in [0.717, 1.165) is 24.3 Å². The molecule has 10 nitrogen and oxygen atoms in total. The van der Waals surface area contributed by atoms with E-state index in [-0.39, 0.29) is 67.9 Å². The smallest absolute Gasteiger partial charge is 0.224 e. The van der Waals surface area contributed by atoms with Crippen LogP contribution in [-0.4, -0.2) is 53.8 Å². The van der Waals surface area contributed by atoms with Gasteiger partial charge in [0.2, 0.25) is 11.8 Å². The summed E-state index contributed by atoms with van der Waals surface area (Å²) >= 11 is 0. The minimum atomic E-state index is -1.52. The summed E-state index contributed by atoms with van der Waals surface area (Å²) in [5.41, 5.74) is 1.03. The van der Waals surface area contributed by atoms with E-state index in [4.69, 9.17) is 10.5 Å². The summed E-state index contributed by atoms with van der Waals surface area (Å²) in [6.45, 7) is 0.802. The third kappa shape index (κ3) is 6.71. The Balaban J connectivity index is 0.000000181. The fraction of sp³-hybridized carbons (Fsp3) is 0.267. The maximum Gasteiger partial charge on any atom is 0.224 e. The third-order valence-electron chi connectivity index (χ3n) is 7.62. The van der Waals surface area contributed by atoms with Crippen LogP contribution in [0.2, 0.25) is 0 Å². The molecule has 46 heavy (non-hydrogen) atoms. The van der Waals surface area contributed by atoms with Gasteiger partial charge in [0.15, 0.2) is 40.6 Å². The van der Waals surface area contributed by atoms with Crippen molar-refractivity contribution in [2.75, 3.05) is 13.1 Å². The highest BCUT2D eigenvalue weighted by Crippen LogP contribution is 2.31. The molecule has 2 aliphatic rings. The Morgan fingerprint density at radius 1 is 0.739 bits per heavy atom. The van der Waals surface area contributed by atoms with E-state index in [1.54, 1.807) is 4.57 Å². The largest absolute Gasteiger partial charge is 0.324 e. The number of aromatic nitrogens is 4. The van der Waals surface area contributed by atoms with Gasteiger partial charge in [-0.3, -0.25) is 9.59 Å². The maximum absolute atomic E-state index is 13.3. The average Bonchev–Trinajstić information content (AvgIpc) is 3.83. The minimum absolute atomic E-state index is 0.0705. The highest BCUT2D eigenvalue weighted by Gasteiger charge is 2.33. The second-order valence-electron chi connectivity index (χ2n) is 10.7. The van der Waals surface area contributed by atoms with Crippen molar-refractivity contribution in [2.24, 2.45) is 0 Å². The van der Waals surface area contributed by atoms with Crippen LogP contribution >= 0.6 is 0 Å². The molecule has 4 heterocycles. The summed E-state index contributed by atoms with van der Waals surface area (Å²) < 4.78 is 82.4. The molecule has 2 aliphatic heterocycles. The lowest BCUT2D eigenvalue weighted by Gasteiger charge is -2.18. The molecule has 16 heteroatoms. The van der Waals surface area contributed by atoms with Crippen LogP contribution in [0.4, 0.5) is 26.3 Å². The second kappa shape index (κ2) is 13.2. The van der Waals surface area contributed by atoms with Crippen LogP contribution in [0.15, 0.2) is 49.3 Å². The molecular weight excluding hydrogens is 618 g/mol. The molecule has 0 spiro atoms. The molecule has 0 radical (unpaired) electrons. The van der Waals surface area contributed by atoms with Crippen LogP contribution in [-0.2, 0) is 22.9 Å². The Labute approximate surface area is 257 Å². The Hall–Kier alpha value is -5.64. The molecule has 0 bridgehead atoms. The number of imidazole rings is 2. The summed E-state index contributed by atoms with van der Waals surface area (Å²) in [5.74, 6) is -9.35. The van der Waals surface area contributed by atoms with Gasteiger partial charge in [0.25, 0.3) is 0 Å². The topological polar surface area (TPSA) is 124 Å². The number of benzene rings is 2. The first-order chi connectivity index (χ1) is 22.0. The molecule has 0 saturated carbocycles. The normalized spacial score (nSPS) is 17.6. The number of nitriles is 2. The summed E-state index contributed by atoms with van der Waals surface area (Å²) in [4.78, 5) is 34.7. The number of carbonyl (C=O) groups is 2. The molecule has 2 fully saturated rings. The summed E-state index contributed by atoms with van der Waals surface area (Å²) in [6.07, 6.45) is 5.89. The summed E-state index contributed by atoms with van der Waals surface area (Å²) in [7, 11) is 0. The zero-order valence-corrected chi connectivity index (χ0v) is 23.7. The number of halogens is 6. The first-order valence-electron chi connectivity index (χ1n) is 13.6. The van der Waals surface area contributed by atoms with Gasteiger partial charge in [0, 0.05) is 44.0 Å². The van der Waals surface area contributed by atoms with Gasteiger partial charge in [0.05, 0.1) is 32.2 Å². The number of carbonyl (C=O) groups excluding carboxylic acids is 2.